The van der Waals surface area contributed by atoms with Gasteiger partial charge in [0.2, 0.25) is 5.76 Å². The lowest BCUT2D eigenvalue weighted by atomic mass is 9.84. The summed E-state index contributed by atoms with van der Waals surface area (Å²) >= 11 is 0. The summed E-state index contributed by atoms with van der Waals surface area (Å²) in [5.74, 6) is 1.55. The second kappa shape index (κ2) is 6.75. The Morgan fingerprint density at radius 1 is 1.37 bits per heavy atom. The van der Waals surface area contributed by atoms with E-state index in [2.05, 4.69) is 17.0 Å². The highest BCUT2D eigenvalue weighted by molar-refractivity contribution is 5.86. The molecule has 1 fully saturated rings. The lowest BCUT2D eigenvalue weighted by Gasteiger charge is -2.28. The third-order valence-electron chi connectivity index (χ3n) is 4.04. The Balaban J connectivity index is 1.76. The molecule has 1 aliphatic carbocycles. The van der Waals surface area contributed by atoms with Crippen LogP contribution in [0.15, 0.2) is 16.5 Å². The van der Waals surface area contributed by atoms with Crippen molar-refractivity contribution in [2.75, 3.05) is 7.11 Å². The molecule has 0 bridgehead atoms. The number of furan rings is 1. The number of hydrogen-bond donors (Lipinski definition) is 1. The largest absolute Gasteiger partial charge is 0.463 e. The zero-order valence-electron chi connectivity index (χ0n) is 11.8. The first kappa shape index (κ1) is 14.1. The van der Waals surface area contributed by atoms with E-state index in [-0.39, 0.29) is 5.76 Å². The maximum Gasteiger partial charge on any atom is 0.373 e. The molecule has 0 atom stereocenters. The predicted octanol–water partition coefficient (Wildman–Crippen LogP) is 3.12. The standard InChI is InChI=1S/C15H23NO3/c1-3-11-4-6-12(7-5-11)16-10-13-8-9-14(19-13)15(17)18-2/h8-9,11-12,16H,3-7,10H2,1-2H3. The van der Waals surface area contributed by atoms with Crippen LogP contribution in [-0.4, -0.2) is 19.1 Å². The van der Waals surface area contributed by atoms with Crippen LogP contribution in [0.1, 0.15) is 55.3 Å². The minimum absolute atomic E-state index is 0.272. The smallest absolute Gasteiger partial charge is 0.373 e. The summed E-state index contributed by atoms with van der Waals surface area (Å²) in [4.78, 5) is 11.3. The lowest BCUT2D eigenvalue weighted by molar-refractivity contribution is 0.0562. The molecule has 0 amide bonds. The van der Waals surface area contributed by atoms with Gasteiger partial charge in [0, 0.05) is 6.04 Å². The van der Waals surface area contributed by atoms with E-state index < -0.39 is 5.97 Å². The van der Waals surface area contributed by atoms with Crippen molar-refractivity contribution in [3.63, 3.8) is 0 Å². The van der Waals surface area contributed by atoms with Crippen molar-refractivity contribution in [1.82, 2.24) is 5.32 Å². The van der Waals surface area contributed by atoms with Crippen molar-refractivity contribution in [2.24, 2.45) is 5.92 Å². The zero-order chi connectivity index (χ0) is 13.7. The summed E-state index contributed by atoms with van der Waals surface area (Å²) in [5, 5.41) is 3.51. The Bertz CT molecular complexity index is 405. The molecule has 0 radical (unpaired) electrons. The summed E-state index contributed by atoms with van der Waals surface area (Å²) in [6.45, 7) is 2.95. The first-order valence-corrected chi connectivity index (χ1v) is 7.13. The number of ether oxygens (including phenoxy) is 1. The Labute approximate surface area is 114 Å². The molecular weight excluding hydrogens is 242 g/mol. The van der Waals surface area contributed by atoms with Crippen LogP contribution in [0.3, 0.4) is 0 Å². The van der Waals surface area contributed by atoms with Gasteiger partial charge < -0.3 is 14.5 Å². The minimum Gasteiger partial charge on any atom is -0.463 e. The van der Waals surface area contributed by atoms with E-state index in [9.17, 15) is 4.79 Å². The predicted molar refractivity (Wildman–Crippen MR) is 72.9 cm³/mol. The van der Waals surface area contributed by atoms with Crippen LogP contribution in [0.2, 0.25) is 0 Å². The summed E-state index contributed by atoms with van der Waals surface area (Å²) in [6, 6.07) is 4.07. The molecule has 2 rings (SSSR count). The van der Waals surface area contributed by atoms with Gasteiger partial charge in [0.15, 0.2) is 0 Å². The molecule has 1 N–H and O–H groups in total. The number of carbonyl (C=O) groups excluding carboxylic acids is 1. The van der Waals surface area contributed by atoms with Crippen LogP contribution in [0.4, 0.5) is 0 Å². The molecule has 4 heteroatoms. The molecule has 1 aromatic heterocycles. The average Bonchev–Trinajstić information content (AvgIpc) is 2.93. The van der Waals surface area contributed by atoms with Crippen molar-refractivity contribution in [3.8, 4) is 0 Å². The van der Waals surface area contributed by atoms with Crippen molar-refractivity contribution < 1.29 is 13.9 Å². The fourth-order valence-electron chi connectivity index (χ4n) is 2.70. The van der Waals surface area contributed by atoms with Gasteiger partial charge in [-0.15, -0.1) is 0 Å². The van der Waals surface area contributed by atoms with Crippen molar-refractivity contribution in [2.45, 2.75) is 51.6 Å². The molecule has 0 unspecified atom stereocenters. The van der Waals surface area contributed by atoms with Crippen molar-refractivity contribution >= 4 is 5.97 Å². The van der Waals surface area contributed by atoms with E-state index in [0.29, 0.717) is 12.6 Å². The second-order valence-corrected chi connectivity index (χ2v) is 5.26. The van der Waals surface area contributed by atoms with E-state index in [1.54, 1.807) is 6.07 Å². The van der Waals surface area contributed by atoms with Crippen LogP contribution >= 0.6 is 0 Å². The molecule has 0 aromatic carbocycles. The molecule has 19 heavy (non-hydrogen) atoms. The molecular formula is C15H23NO3. The molecule has 0 spiro atoms. The van der Waals surface area contributed by atoms with E-state index in [4.69, 9.17) is 4.42 Å². The Morgan fingerprint density at radius 2 is 2.11 bits per heavy atom. The van der Waals surface area contributed by atoms with Crippen molar-refractivity contribution in [3.05, 3.63) is 23.7 Å². The topological polar surface area (TPSA) is 51.5 Å². The minimum atomic E-state index is -0.422. The van der Waals surface area contributed by atoms with Gasteiger partial charge in [-0.05, 0) is 43.7 Å². The third-order valence-corrected chi connectivity index (χ3v) is 4.04. The Hall–Kier alpha value is -1.29. The summed E-state index contributed by atoms with van der Waals surface area (Å²) in [6.07, 6.45) is 6.42. The average molecular weight is 265 g/mol. The Kier molecular flexibility index (Phi) is 5.02. The van der Waals surface area contributed by atoms with Gasteiger partial charge >= 0.3 is 5.97 Å². The van der Waals surface area contributed by atoms with E-state index >= 15 is 0 Å². The fourth-order valence-corrected chi connectivity index (χ4v) is 2.70. The van der Waals surface area contributed by atoms with E-state index in [1.165, 1.54) is 39.2 Å². The highest BCUT2D eigenvalue weighted by Crippen LogP contribution is 2.26. The molecule has 4 nitrogen and oxygen atoms in total. The van der Waals surface area contributed by atoms with Gasteiger partial charge in [0.25, 0.3) is 0 Å². The lowest BCUT2D eigenvalue weighted by Crippen LogP contribution is -2.32. The van der Waals surface area contributed by atoms with Gasteiger partial charge in [0.05, 0.1) is 13.7 Å². The van der Waals surface area contributed by atoms with Gasteiger partial charge in [-0.3, -0.25) is 0 Å². The zero-order valence-corrected chi connectivity index (χ0v) is 11.8. The van der Waals surface area contributed by atoms with E-state index in [1.807, 2.05) is 6.07 Å². The van der Waals surface area contributed by atoms with Crippen molar-refractivity contribution in [1.29, 1.82) is 0 Å². The molecule has 1 aromatic rings. The first-order valence-electron chi connectivity index (χ1n) is 7.13. The highest BCUT2D eigenvalue weighted by atomic mass is 16.5. The maximum atomic E-state index is 11.3. The number of hydrogen-bond acceptors (Lipinski definition) is 4. The number of methoxy groups -OCH3 is 1. The maximum absolute atomic E-state index is 11.3. The SMILES string of the molecule is CCC1CCC(NCc2ccc(C(=O)OC)o2)CC1. The Morgan fingerprint density at radius 3 is 2.74 bits per heavy atom. The van der Waals surface area contributed by atoms with Gasteiger partial charge in [0.1, 0.15) is 5.76 Å². The molecule has 0 saturated heterocycles. The summed E-state index contributed by atoms with van der Waals surface area (Å²) < 4.78 is 10.0. The van der Waals surface area contributed by atoms with Crippen LogP contribution in [0.25, 0.3) is 0 Å². The summed E-state index contributed by atoms with van der Waals surface area (Å²) in [5.41, 5.74) is 0. The highest BCUT2D eigenvalue weighted by Gasteiger charge is 2.20. The number of rotatable bonds is 5. The first-order chi connectivity index (χ1) is 9.22. The van der Waals surface area contributed by atoms with Crippen LogP contribution < -0.4 is 5.32 Å². The monoisotopic (exact) mass is 265 g/mol. The number of esters is 1. The van der Waals surface area contributed by atoms with Gasteiger partial charge in [-0.2, -0.15) is 0 Å². The van der Waals surface area contributed by atoms with Crippen LogP contribution in [0.5, 0.6) is 0 Å². The normalized spacial score (nSPS) is 23.3. The molecule has 0 aliphatic heterocycles. The number of nitrogens with one attached hydrogen (secondary N) is 1. The van der Waals surface area contributed by atoms with Gasteiger partial charge in [-0.25, -0.2) is 4.79 Å². The summed E-state index contributed by atoms with van der Waals surface area (Å²) in [7, 11) is 1.36. The quantitative estimate of drug-likeness (QED) is 0.831. The third kappa shape index (κ3) is 3.83. The van der Waals surface area contributed by atoms with Gasteiger partial charge in [-0.1, -0.05) is 13.3 Å². The van der Waals surface area contributed by atoms with Crippen LogP contribution in [-0.2, 0) is 11.3 Å². The van der Waals surface area contributed by atoms with Crippen LogP contribution in [0, 0.1) is 5.92 Å². The molecule has 106 valence electrons. The number of carbonyl (C=O) groups is 1. The molecule has 1 saturated carbocycles. The molecule has 1 aliphatic rings. The molecule has 1 heterocycles. The second-order valence-electron chi connectivity index (χ2n) is 5.26. The fraction of sp³-hybridized carbons (Fsp3) is 0.667. The van der Waals surface area contributed by atoms with E-state index in [0.717, 1.165) is 11.7 Å².